The Morgan fingerprint density at radius 3 is 1.40 bits per heavy atom. The Morgan fingerprint density at radius 2 is 0.927 bits per heavy atom. The summed E-state index contributed by atoms with van der Waals surface area (Å²) in [7, 11) is 0. The summed E-state index contributed by atoms with van der Waals surface area (Å²) in [5.41, 5.74) is 15.8. The first-order valence-electron chi connectivity index (χ1n) is 18.5. The Balaban J connectivity index is 1.28. The van der Waals surface area contributed by atoms with Gasteiger partial charge in [0.1, 0.15) is 0 Å². The molecule has 0 saturated carbocycles. The van der Waals surface area contributed by atoms with Gasteiger partial charge in [0.25, 0.3) is 0 Å². The topological polar surface area (TPSA) is 48.0 Å². The van der Waals surface area contributed by atoms with Crippen LogP contribution in [0.15, 0.2) is 152 Å². The molecule has 0 bridgehead atoms. The van der Waals surface area contributed by atoms with Crippen LogP contribution >= 0.6 is 0 Å². The lowest BCUT2D eigenvalue weighted by Crippen LogP contribution is -2.01. The van der Waals surface area contributed by atoms with E-state index >= 15 is 0 Å². The first kappa shape index (κ1) is 33.7. The van der Waals surface area contributed by atoms with Crippen LogP contribution in [0, 0.1) is 34.3 Å². The summed E-state index contributed by atoms with van der Waals surface area (Å²) >= 11 is 0. The summed E-state index contributed by atoms with van der Waals surface area (Å²) in [6.45, 7) is 16.8. The highest BCUT2D eigenvalue weighted by atomic mass is 15.0. The monoisotopic (exact) mass is 707 g/mol. The Bertz CT molecular complexity index is 2800. The Labute approximate surface area is 321 Å². The molecule has 0 N–H and O–H groups in total. The number of aromatic nitrogens is 4. The van der Waals surface area contributed by atoms with Gasteiger partial charge in [-0.3, -0.25) is 0 Å². The van der Waals surface area contributed by atoms with E-state index in [9.17, 15) is 0 Å². The summed E-state index contributed by atoms with van der Waals surface area (Å²) in [5, 5.41) is 2.32. The van der Waals surface area contributed by atoms with Crippen LogP contribution in [0.5, 0.6) is 0 Å². The molecule has 5 heteroatoms. The highest BCUT2D eigenvalue weighted by molar-refractivity contribution is 6.12. The second-order valence-electron chi connectivity index (χ2n) is 14.3. The third-order valence-electron chi connectivity index (χ3n) is 10.4. The quantitative estimate of drug-likeness (QED) is 0.162. The third-order valence-corrected chi connectivity index (χ3v) is 10.4. The highest BCUT2D eigenvalue weighted by Gasteiger charge is 2.20. The van der Waals surface area contributed by atoms with Crippen LogP contribution in [0.4, 0.5) is 5.69 Å². The average molecular weight is 708 g/mol. The maximum atomic E-state index is 8.20. The molecule has 0 atom stereocenters. The molecule has 7 aromatic carbocycles. The molecule has 262 valence electrons. The van der Waals surface area contributed by atoms with E-state index in [-0.39, 0.29) is 0 Å². The van der Waals surface area contributed by atoms with E-state index in [1.165, 1.54) is 44.5 Å². The highest BCUT2D eigenvalue weighted by Crippen LogP contribution is 2.40. The van der Waals surface area contributed by atoms with Crippen molar-refractivity contribution in [2.75, 3.05) is 0 Å². The largest absolute Gasteiger partial charge is 0.309 e. The zero-order chi connectivity index (χ0) is 37.6. The predicted octanol–water partition coefficient (Wildman–Crippen LogP) is 13.1. The van der Waals surface area contributed by atoms with Crippen molar-refractivity contribution in [3.8, 4) is 62.1 Å². The number of hydrogen-bond acceptors (Lipinski definition) is 3. The van der Waals surface area contributed by atoms with Crippen LogP contribution < -0.4 is 0 Å². The number of hydrogen-bond donors (Lipinski definition) is 0. The first-order valence-corrected chi connectivity index (χ1v) is 18.5. The van der Waals surface area contributed by atoms with Gasteiger partial charge in [-0.05, 0) is 97.5 Å². The minimum absolute atomic E-state index is 0.454. The fraction of sp³-hybridized carbons (Fsp3) is 0.0800. The molecule has 0 unspecified atom stereocenters. The lowest BCUT2D eigenvalue weighted by molar-refractivity contribution is 1.07. The molecule has 55 heavy (non-hydrogen) atoms. The SMILES string of the molecule is [C-]#[N+]c1ccc(-n2c3ccc(-c4ccc(C)cc4C)cc3c3cc(-c4ccc(C)cc4C)ccc32)cc1-c1nc(-c2ccccc2)nc(-c2ccccc2)n1. The minimum atomic E-state index is 0.454. The van der Waals surface area contributed by atoms with Crippen molar-refractivity contribution in [2.24, 2.45) is 0 Å². The Morgan fingerprint density at radius 1 is 0.436 bits per heavy atom. The van der Waals surface area contributed by atoms with Crippen LogP contribution in [0.2, 0.25) is 0 Å². The molecule has 0 fully saturated rings. The molecular weight excluding hydrogens is 671 g/mol. The molecule has 9 rings (SSSR count). The van der Waals surface area contributed by atoms with E-state index in [1.54, 1.807) is 0 Å². The lowest BCUT2D eigenvalue weighted by Gasteiger charge is -2.13. The van der Waals surface area contributed by atoms with Crippen molar-refractivity contribution in [1.82, 2.24) is 19.5 Å². The predicted molar refractivity (Wildman–Crippen MR) is 227 cm³/mol. The first-order chi connectivity index (χ1) is 26.8. The van der Waals surface area contributed by atoms with Crippen LogP contribution in [-0.4, -0.2) is 19.5 Å². The number of fused-ring (bicyclic) bond motifs is 3. The average Bonchev–Trinajstić information content (AvgIpc) is 3.54. The molecule has 2 aromatic heterocycles. The van der Waals surface area contributed by atoms with Gasteiger partial charge in [0.15, 0.2) is 23.2 Å². The fourth-order valence-electron chi connectivity index (χ4n) is 7.78. The molecule has 0 saturated heterocycles. The van der Waals surface area contributed by atoms with Crippen molar-refractivity contribution >= 4 is 27.5 Å². The minimum Gasteiger partial charge on any atom is -0.309 e. The van der Waals surface area contributed by atoms with Crippen molar-refractivity contribution in [3.63, 3.8) is 0 Å². The molecule has 0 spiro atoms. The van der Waals surface area contributed by atoms with E-state index in [2.05, 4.69) is 116 Å². The van der Waals surface area contributed by atoms with Crippen molar-refractivity contribution < 1.29 is 0 Å². The molecule has 0 aliphatic carbocycles. The molecule has 0 amide bonds. The van der Waals surface area contributed by atoms with Crippen molar-refractivity contribution in [2.45, 2.75) is 27.7 Å². The maximum absolute atomic E-state index is 8.20. The standard InChI is InChI=1S/C50H37N5/c1-31-16-21-40(33(3)26-31)37-18-24-46-42(28-37)43-29-38(41-22-17-32(2)27-34(41)4)19-25-47(43)55(46)39-20-23-45(51-5)44(30-39)50-53-48(35-12-8-6-9-13-35)52-49(54-50)36-14-10-7-11-15-36/h6-30H,1-4H3. The second-order valence-corrected chi connectivity index (χ2v) is 14.3. The van der Waals surface area contributed by atoms with Crippen LogP contribution in [-0.2, 0) is 0 Å². The summed E-state index contributed by atoms with van der Waals surface area (Å²) in [6, 6.07) is 52.7. The molecule has 2 heterocycles. The molecule has 0 aliphatic rings. The normalized spacial score (nSPS) is 11.3. The number of nitrogens with zero attached hydrogens (tertiary/aromatic N) is 5. The zero-order valence-electron chi connectivity index (χ0n) is 31.2. The molecule has 9 aromatic rings. The zero-order valence-corrected chi connectivity index (χ0v) is 31.2. The van der Waals surface area contributed by atoms with Gasteiger partial charge in [0.2, 0.25) is 0 Å². The molecule has 0 radical (unpaired) electrons. The summed E-state index contributed by atoms with van der Waals surface area (Å²) in [6.07, 6.45) is 0. The number of rotatable bonds is 6. The smallest absolute Gasteiger partial charge is 0.198 e. The van der Waals surface area contributed by atoms with Gasteiger partial charge in [0.05, 0.1) is 17.6 Å². The van der Waals surface area contributed by atoms with E-state index in [1.807, 2.05) is 72.8 Å². The maximum Gasteiger partial charge on any atom is 0.198 e. The van der Waals surface area contributed by atoms with Gasteiger partial charge < -0.3 is 4.57 Å². The number of benzene rings is 7. The van der Waals surface area contributed by atoms with Gasteiger partial charge in [-0.25, -0.2) is 19.8 Å². The van der Waals surface area contributed by atoms with Crippen molar-refractivity contribution in [1.29, 1.82) is 0 Å². The van der Waals surface area contributed by atoms with E-state index in [0.29, 0.717) is 28.7 Å². The molecule has 0 aliphatic heterocycles. The summed E-state index contributed by atoms with van der Waals surface area (Å²) < 4.78 is 2.30. The van der Waals surface area contributed by atoms with Gasteiger partial charge in [-0.2, -0.15) is 0 Å². The van der Waals surface area contributed by atoms with Gasteiger partial charge in [0, 0.05) is 33.2 Å². The fourth-order valence-corrected chi connectivity index (χ4v) is 7.78. The van der Waals surface area contributed by atoms with Crippen LogP contribution in [0.3, 0.4) is 0 Å². The summed E-state index contributed by atoms with van der Waals surface area (Å²) in [5.74, 6) is 1.57. The molecule has 5 nitrogen and oxygen atoms in total. The lowest BCUT2D eigenvalue weighted by atomic mass is 9.95. The van der Waals surface area contributed by atoms with Gasteiger partial charge in [-0.15, -0.1) is 0 Å². The van der Waals surface area contributed by atoms with E-state index < -0.39 is 0 Å². The van der Waals surface area contributed by atoms with Crippen LogP contribution in [0.25, 0.3) is 88.8 Å². The third kappa shape index (κ3) is 6.14. The van der Waals surface area contributed by atoms with E-state index in [4.69, 9.17) is 21.5 Å². The van der Waals surface area contributed by atoms with Crippen LogP contribution in [0.1, 0.15) is 22.3 Å². The van der Waals surface area contributed by atoms with Crippen molar-refractivity contribution in [3.05, 3.63) is 185 Å². The Kier molecular flexibility index (Phi) is 8.37. The van der Waals surface area contributed by atoms with Gasteiger partial charge in [-0.1, -0.05) is 126 Å². The second kappa shape index (κ2) is 13.7. The van der Waals surface area contributed by atoms with Gasteiger partial charge >= 0.3 is 0 Å². The van der Waals surface area contributed by atoms with E-state index in [0.717, 1.165) is 38.6 Å². The Hall–Kier alpha value is -7.16. The molecular formula is C50H37N5. The number of aryl methyl sites for hydroxylation is 4. The summed E-state index contributed by atoms with van der Waals surface area (Å²) in [4.78, 5) is 18.8.